The number of hydrogen-bond acceptors (Lipinski definition) is 6. The molecule has 0 heterocycles. The molecule has 168 valence electrons. The molecule has 0 aromatic carbocycles. The topological polar surface area (TPSA) is 156 Å². The molecule has 0 aromatic heterocycles. The van der Waals surface area contributed by atoms with Crippen LogP contribution in [0.25, 0.3) is 0 Å². The van der Waals surface area contributed by atoms with Gasteiger partial charge in [-0.15, -0.1) is 0 Å². The van der Waals surface area contributed by atoms with Crippen LogP contribution in [0.1, 0.15) is 96.3 Å². The molecule has 0 aliphatic heterocycles. The zero-order valence-corrected chi connectivity index (χ0v) is 18.3. The highest BCUT2D eigenvalue weighted by atomic mass is 14.5. The third kappa shape index (κ3) is 46.1. The summed E-state index contributed by atoms with van der Waals surface area (Å²) < 4.78 is 0. The van der Waals surface area contributed by atoms with Crippen molar-refractivity contribution >= 4 is 0 Å². The second-order valence-corrected chi connectivity index (χ2v) is 7.04. The molecular weight excluding hydrogens is 336 g/mol. The summed E-state index contributed by atoms with van der Waals surface area (Å²) in [7, 11) is 0. The van der Waals surface area contributed by atoms with Gasteiger partial charge >= 0.3 is 0 Å². The molecule has 0 rings (SSSR count). The van der Waals surface area contributed by atoms with E-state index in [4.69, 9.17) is 34.4 Å². The van der Waals surface area contributed by atoms with E-state index in [1.165, 1.54) is 83.5 Å². The maximum Gasteiger partial charge on any atom is -0.00773 e. The maximum atomic E-state index is 5.35. The Balaban J connectivity index is -0.000000322. The fraction of sp³-hybridized carbons (Fsp3) is 1.00. The zero-order valence-electron chi connectivity index (χ0n) is 18.3. The second-order valence-electron chi connectivity index (χ2n) is 7.04. The smallest absolute Gasteiger partial charge is 0.00773 e. The highest BCUT2D eigenvalue weighted by Gasteiger charge is 1.88. The van der Waals surface area contributed by atoms with Gasteiger partial charge in [0.05, 0.1) is 0 Å². The third-order valence-corrected chi connectivity index (χ3v) is 4.22. The number of rotatable bonds is 18. The second kappa shape index (κ2) is 36.6. The molecule has 0 bridgehead atoms. The Morgan fingerprint density at radius 2 is 0.296 bits per heavy atom. The standard InChI is InChI=1S/C8H20N2.C7H18N2.C6H16N2/c9-7-5-3-1-2-4-6-8-10;8-6-4-2-1-3-5-7-9;7-5-3-1-2-4-6-8/h1-10H2;1-9H2;1-8H2. The van der Waals surface area contributed by atoms with Crippen molar-refractivity contribution in [2.24, 2.45) is 34.4 Å². The van der Waals surface area contributed by atoms with Crippen molar-refractivity contribution in [2.75, 3.05) is 39.3 Å². The Kier molecular flexibility index (Phi) is 42.7. The van der Waals surface area contributed by atoms with Crippen LogP contribution in [0.3, 0.4) is 0 Å². The molecule has 0 spiro atoms. The Hall–Kier alpha value is -0.240. The van der Waals surface area contributed by atoms with Gasteiger partial charge in [0.25, 0.3) is 0 Å². The van der Waals surface area contributed by atoms with Gasteiger partial charge in [-0.05, 0) is 77.8 Å². The molecule has 0 fully saturated rings. The van der Waals surface area contributed by atoms with E-state index < -0.39 is 0 Å². The maximum absolute atomic E-state index is 5.35. The Labute approximate surface area is 170 Å². The van der Waals surface area contributed by atoms with E-state index in [1.54, 1.807) is 0 Å². The lowest BCUT2D eigenvalue weighted by Gasteiger charge is -1.97. The quantitative estimate of drug-likeness (QED) is 0.197. The zero-order chi connectivity index (χ0) is 20.8. The third-order valence-electron chi connectivity index (χ3n) is 4.22. The normalized spacial score (nSPS) is 10.0. The Morgan fingerprint density at radius 3 is 0.407 bits per heavy atom. The minimum absolute atomic E-state index is 0.824. The van der Waals surface area contributed by atoms with Gasteiger partial charge in [0, 0.05) is 0 Å². The molecule has 0 aliphatic rings. The van der Waals surface area contributed by atoms with E-state index >= 15 is 0 Å². The predicted octanol–water partition coefficient (Wildman–Crippen LogP) is 2.56. The predicted molar refractivity (Wildman–Crippen MR) is 124 cm³/mol. The van der Waals surface area contributed by atoms with Crippen LogP contribution in [0.15, 0.2) is 0 Å². The lowest BCUT2D eigenvalue weighted by atomic mass is 10.1. The minimum Gasteiger partial charge on any atom is -0.330 e. The van der Waals surface area contributed by atoms with Crippen molar-refractivity contribution in [2.45, 2.75) is 96.3 Å². The monoisotopic (exact) mass is 390 g/mol. The highest BCUT2D eigenvalue weighted by Crippen LogP contribution is 2.03. The van der Waals surface area contributed by atoms with E-state index in [0.717, 1.165) is 52.1 Å². The first-order valence-corrected chi connectivity index (χ1v) is 11.4. The van der Waals surface area contributed by atoms with Gasteiger partial charge in [-0.25, -0.2) is 0 Å². The summed E-state index contributed by atoms with van der Waals surface area (Å²) in [4.78, 5) is 0. The van der Waals surface area contributed by atoms with E-state index in [0.29, 0.717) is 0 Å². The molecule has 0 atom stereocenters. The lowest BCUT2D eigenvalue weighted by molar-refractivity contribution is 0.601. The molecule has 0 saturated carbocycles. The average molecular weight is 391 g/mol. The SMILES string of the molecule is NCCCCCCCCN.NCCCCCCCN.NCCCCCCN. The Morgan fingerprint density at radius 1 is 0.185 bits per heavy atom. The molecule has 27 heavy (non-hydrogen) atoms. The van der Waals surface area contributed by atoms with Crippen molar-refractivity contribution in [3.8, 4) is 0 Å². The van der Waals surface area contributed by atoms with Gasteiger partial charge < -0.3 is 34.4 Å². The van der Waals surface area contributed by atoms with Crippen molar-refractivity contribution in [1.82, 2.24) is 0 Å². The molecule has 6 nitrogen and oxygen atoms in total. The highest BCUT2D eigenvalue weighted by molar-refractivity contribution is 4.46. The van der Waals surface area contributed by atoms with Gasteiger partial charge in [-0.1, -0.05) is 57.8 Å². The summed E-state index contributed by atoms with van der Waals surface area (Å²) in [6.45, 7) is 5.01. The molecule has 0 amide bonds. The molecular formula is C21H54N6. The number of nitrogens with two attached hydrogens (primary N) is 6. The summed E-state index contributed by atoms with van der Waals surface area (Å²) in [6.07, 6.45) is 18.6. The molecule has 12 N–H and O–H groups in total. The van der Waals surface area contributed by atoms with E-state index in [2.05, 4.69) is 0 Å². The van der Waals surface area contributed by atoms with Crippen LogP contribution in [0.2, 0.25) is 0 Å². The van der Waals surface area contributed by atoms with E-state index in [1.807, 2.05) is 0 Å². The fourth-order valence-electron chi connectivity index (χ4n) is 2.46. The van der Waals surface area contributed by atoms with Crippen molar-refractivity contribution < 1.29 is 0 Å². The van der Waals surface area contributed by atoms with Gasteiger partial charge in [0.15, 0.2) is 0 Å². The van der Waals surface area contributed by atoms with Crippen molar-refractivity contribution in [3.63, 3.8) is 0 Å². The van der Waals surface area contributed by atoms with Crippen LogP contribution >= 0.6 is 0 Å². The van der Waals surface area contributed by atoms with Crippen LogP contribution in [0.5, 0.6) is 0 Å². The largest absolute Gasteiger partial charge is 0.330 e. The molecule has 6 heteroatoms. The van der Waals surface area contributed by atoms with Gasteiger partial charge in [0.2, 0.25) is 0 Å². The van der Waals surface area contributed by atoms with Crippen molar-refractivity contribution in [1.29, 1.82) is 0 Å². The lowest BCUT2D eigenvalue weighted by Crippen LogP contribution is -2.00. The molecule has 0 saturated heterocycles. The van der Waals surface area contributed by atoms with Crippen LogP contribution in [0.4, 0.5) is 0 Å². The van der Waals surface area contributed by atoms with Gasteiger partial charge in [0.1, 0.15) is 0 Å². The van der Waals surface area contributed by atoms with Crippen LogP contribution in [-0.2, 0) is 0 Å². The van der Waals surface area contributed by atoms with Crippen LogP contribution < -0.4 is 34.4 Å². The summed E-state index contributed by atoms with van der Waals surface area (Å²) in [5, 5.41) is 0. The van der Waals surface area contributed by atoms with Gasteiger partial charge in [-0.3, -0.25) is 0 Å². The first-order valence-electron chi connectivity index (χ1n) is 11.4. The van der Waals surface area contributed by atoms with Crippen molar-refractivity contribution in [3.05, 3.63) is 0 Å². The average Bonchev–Trinajstić information content (AvgIpc) is 2.69. The molecule has 0 aromatic rings. The van der Waals surface area contributed by atoms with Crippen LogP contribution in [0, 0.1) is 0 Å². The molecule has 0 unspecified atom stereocenters. The summed E-state index contributed by atoms with van der Waals surface area (Å²) in [6, 6.07) is 0. The van der Waals surface area contributed by atoms with E-state index in [-0.39, 0.29) is 0 Å². The summed E-state index contributed by atoms with van der Waals surface area (Å²) >= 11 is 0. The summed E-state index contributed by atoms with van der Waals surface area (Å²) in [5.74, 6) is 0. The summed E-state index contributed by atoms with van der Waals surface area (Å²) in [5.41, 5.74) is 31.9. The molecule has 0 aliphatic carbocycles. The number of hydrogen-bond donors (Lipinski definition) is 6. The van der Waals surface area contributed by atoms with Gasteiger partial charge in [-0.2, -0.15) is 0 Å². The van der Waals surface area contributed by atoms with E-state index in [9.17, 15) is 0 Å². The fourth-order valence-corrected chi connectivity index (χ4v) is 2.46. The first-order chi connectivity index (χ1) is 13.2. The first kappa shape index (κ1) is 31.5. The van der Waals surface area contributed by atoms with Crippen LogP contribution in [-0.4, -0.2) is 39.3 Å². The molecule has 0 radical (unpaired) electrons. The Bertz CT molecular complexity index is 185. The minimum atomic E-state index is 0.824. The number of unbranched alkanes of at least 4 members (excludes halogenated alkanes) is 12.